The molecule has 0 fully saturated rings. The van der Waals surface area contributed by atoms with Gasteiger partial charge in [-0.1, -0.05) is 6.07 Å². The van der Waals surface area contributed by atoms with Crippen molar-refractivity contribution in [3.8, 4) is 28.7 Å². The summed E-state index contributed by atoms with van der Waals surface area (Å²) in [6.07, 6.45) is 0. The molecule has 0 radical (unpaired) electrons. The first kappa shape index (κ1) is 17.3. The van der Waals surface area contributed by atoms with Gasteiger partial charge < -0.3 is 26.0 Å². The molecule has 1 aromatic carbocycles. The number of carbonyl (C=O) groups is 1. The molecule has 3 rings (SSSR count). The van der Waals surface area contributed by atoms with Gasteiger partial charge in [-0.05, 0) is 17.7 Å². The molecule has 5 N–H and O–H groups in total. The summed E-state index contributed by atoms with van der Waals surface area (Å²) in [6.45, 7) is 0. The minimum Gasteiger partial charge on any atom is -0.504 e. The van der Waals surface area contributed by atoms with E-state index >= 15 is 0 Å². The Labute approximate surface area is 152 Å². The van der Waals surface area contributed by atoms with Gasteiger partial charge in [0, 0.05) is 10.9 Å². The molecular weight excluding hydrogens is 356 g/mol. The van der Waals surface area contributed by atoms with Gasteiger partial charge in [0.15, 0.2) is 11.5 Å². The van der Waals surface area contributed by atoms with Crippen molar-refractivity contribution >= 4 is 39.0 Å². The van der Waals surface area contributed by atoms with Gasteiger partial charge >= 0.3 is 5.97 Å². The van der Waals surface area contributed by atoms with Crippen molar-refractivity contribution in [3.05, 3.63) is 28.6 Å². The van der Waals surface area contributed by atoms with Crippen molar-refractivity contribution in [1.82, 2.24) is 4.98 Å². The van der Waals surface area contributed by atoms with Crippen LogP contribution in [0.15, 0.2) is 18.2 Å². The van der Waals surface area contributed by atoms with Crippen LogP contribution in [0, 0.1) is 11.3 Å². The Balaban J connectivity index is 2.42. The number of pyridine rings is 1. The number of benzene rings is 1. The van der Waals surface area contributed by atoms with E-state index in [4.69, 9.17) is 20.9 Å². The van der Waals surface area contributed by atoms with E-state index in [-0.39, 0.29) is 33.4 Å². The predicted molar refractivity (Wildman–Crippen MR) is 98.2 cm³/mol. The van der Waals surface area contributed by atoms with Crippen LogP contribution < -0.4 is 16.2 Å². The van der Waals surface area contributed by atoms with Crippen LogP contribution in [0.4, 0.5) is 11.5 Å². The zero-order valence-corrected chi connectivity index (χ0v) is 14.7. The standard InChI is InChI=1S/C17H14N4O4S/c1-24-10-4-3-7(5-9(10)22)11-8(6-18)15(20)21-16-12(11)13(19)14(26-16)17(23)25-2/h3-5,22H,19H2,1-2H3,(H2,20,21). The van der Waals surface area contributed by atoms with Crippen molar-refractivity contribution in [3.63, 3.8) is 0 Å². The Kier molecular flexibility index (Phi) is 4.28. The van der Waals surface area contributed by atoms with Crippen LogP contribution in [0.3, 0.4) is 0 Å². The van der Waals surface area contributed by atoms with Crippen molar-refractivity contribution in [2.45, 2.75) is 0 Å². The van der Waals surface area contributed by atoms with Crippen LogP contribution in [0.25, 0.3) is 21.3 Å². The molecule has 132 valence electrons. The number of aromatic nitrogens is 1. The number of phenolic OH excluding ortho intramolecular Hbond substituents is 1. The zero-order valence-electron chi connectivity index (χ0n) is 13.9. The first-order chi connectivity index (χ1) is 12.4. The molecule has 0 aliphatic carbocycles. The third-order valence-electron chi connectivity index (χ3n) is 3.85. The fourth-order valence-electron chi connectivity index (χ4n) is 2.66. The fourth-order valence-corrected chi connectivity index (χ4v) is 3.69. The van der Waals surface area contributed by atoms with E-state index in [2.05, 4.69) is 4.98 Å². The van der Waals surface area contributed by atoms with Crippen molar-refractivity contribution in [2.24, 2.45) is 0 Å². The molecule has 3 aromatic rings. The Morgan fingerprint density at radius 1 is 1.35 bits per heavy atom. The van der Waals surface area contributed by atoms with Gasteiger partial charge in [-0.3, -0.25) is 0 Å². The number of ether oxygens (including phenoxy) is 2. The quantitative estimate of drug-likeness (QED) is 0.596. The molecule has 0 atom stereocenters. The number of rotatable bonds is 3. The summed E-state index contributed by atoms with van der Waals surface area (Å²) < 4.78 is 9.78. The summed E-state index contributed by atoms with van der Waals surface area (Å²) in [4.78, 5) is 16.7. The summed E-state index contributed by atoms with van der Waals surface area (Å²) >= 11 is 1.02. The summed E-state index contributed by atoms with van der Waals surface area (Å²) in [6, 6.07) is 6.66. The number of nitrogen functional groups attached to an aromatic ring is 2. The molecule has 0 bridgehead atoms. The lowest BCUT2D eigenvalue weighted by atomic mass is 9.97. The van der Waals surface area contributed by atoms with E-state index in [1.165, 1.54) is 20.3 Å². The molecule has 0 aliphatic rings. The second-order valence-electron chi connectivity index (χ2n) is 5.26. The number of anilines is 2. The maximum absolute atomic E-state index is 12.0. The lowest BCUT2D eigenvalue weighted by molar-refractivity contribution is 0.0607. The third kappa shape index (κ3) is 2.53. The molecule has 26 heavy (non-hydrogen) atoms. The first-order valence-electron chi connectivity index (χ1n) is 7.30. The van der Waals surface area contributed by atoms with E-state index < -0.39 is 5.97 Å². The molecule has 0 saturated heterocycles. The second kappa shape index (κ2) is 6.42. The van der Waals surface area contributed by atoms with Gasteiger partial charge in [-0.15, -0.1) is 11.3 Å². The van der Waals surface area contributed by atoms with Gasteiger partial charge in [0.25, 0.3) is 0 Å². The predicted octanol–water partition coefficient (Wildman–Crippen LogP) is 2.50. The summed E-state index contributed by atoms with van der Waals surface area (Å²) in [5.41, 5.74) is 13.2. The van der Waals surface area contributed by atoms with Gasteiger partial charge in [0.05, 0.1) is 19.9 Å². The number of hydrogen-bond acceptors (Lipinski definition) is 9. The highest BCUT2D eigenvalue weighted by molar-refractivity contribution is 7.21. The third-order valence-corrected chi connectivity index (χ3v) is 4.93. The van der Waals surface area contributed by atoms with Crippen LogP contribution in [0.5, 0.6) is 11.5 Å². The summed E-state index contributed by atoms with van der Waals surface area (Å²) in [5.74, 6) is -0.437. The van der Waals surface area contributed by atoms with E-state index in [0.717, 1.165) is 11.3 Å². The van der Waals surface area contributed by atoms with Crippen LogP contribution in [0.2, 0.25) is 0 Å². The molecule has 2 aromatic heterocycles. The fraction of sp³-hybridized carbons (Fsp3) is 0.118. The van der Waals surface area contributed by atoms with Gasteiger partial charge in [-0.25, -0.2) is 9.78 Å². The Hall–Kier alpha value is -3.51. The average Bonchev–Trinajstić information content (AvgIpc) is 2.95. The number of nitrogens with two attached hydrogens (primary N) is 2. The van der Waals surface area contributed by atoms with E-state index in [0.29, 0.717) is 21.3 Å². The largest absolute Gasteiger partial charge is 0.504 e. The van der Waals surface area contributed by atoms with E-state index in [9.17, 15) is 15.2 Å². The molecule has 0 saturated carbocycles. The van der Waals surface area contributed by atoms with E-state index in [1.807, 2.05) is 6.07 Å². The molecular formula is C17H14N4O4S. The Bertz CT molecular complexity index is 1080. The molecule has 8 nitrogen and oxygen atoms in total. The normalized spacial score (nSPS) is 10.5. The number of methoxy groups -OCH3 is 2. The maximum Gasteiger partial charge on any atom is 0.350 e. The number of nitriles is 1. The minimum atomic E-state index is -0.605. The van der Waals surface area contributed by atoms with Crippen LogP contribution in [-0.4, -0.2) is 30.3 Å². The highest BCUT2D eigenvalue weighted by Crippen LogP contribution is 2.44. The molecule has 2 heterocycles. The SMILES string of the molecule is COC(=O)c1sc2nc(N)c(C#N)c(-c3ccc(OC)c(O)c3)c2c1N. The molecule has 0 unspecified atom stereocenters. The highest BCUT2D eigenvalue weighted by atomic mass is 32.1. The lowest BCUT2D eigenvalue weighted by Crippen LogP contribution is -2.02. The topological polar surface area (TPSA) is 144 Å². The number of hydrogen-bond donors (Lipinski definition) is 3. The number of phenols is 1. The average molecular weight is 370 g/mol. The van der Waals surface area contributed by atoms with Crippen molar-refractivity contribution < 1.29 is 19.4 Å². The van der Waals surface area contributed by atoms with Gasteiger partial charge in [-0.2, -0.15) is 5.26 Å². The smallest absolute Gasteiger partial charge is 0.350 e. The van der Waals surface area contributed by atoms with Crippen LogP contribution in [0.1, 0.15) is 15.2 Å². The van der Waals surface area contributed by atoms with Crippen LogP contribution >= 0.6 is 11.3 Å². The number of thiophene rings is 1. The number of fused-ring (bicyclic) bond motifs is 1. The van der Waals surface area contributed by atoms with Crippen molar-refractivity contribution in [2.75, 3.05) is 25.7 Å². The maximum atomic E-state index is 12.0. The summed E-state index contributed by atoms with van der Waals surface area (Å²) in [5, 5.41) is 20.1. The molecule has 0 amide bonds. The van der Waals surface area contributed by atoms with Gasteiger partial charge in [0.2, 0.25) is 0 Å². The lowest BCUT2D eigenvalue weighted by Gasteiger charge is -2.11. The van der Waals surface area contributed by atoms with Crippen LogP contribution in [-0.2, 0) is 4.74 Å². The Morgan fingerprint density at radius 2 is 2.08 bits per heavy atom. The van der Waals surface area contributed by atoms with Crippen molar-refractivity contribution in [1.29, 1.82) is 5.26 Å². The number of aromatic hydroxyl groups is 1. The molecule has 9 heteroatoms. The minimum absolute atomic E-state index is 0.00275. The first-order valence-corrected chi connectivity index (χ1v) is 8.11. The molecule has 0 aliphatic heterocycles. The number of nitrogens with zero attached hydrogens (tertiary/aromatic N) is 2. The molecule has 0 spiro atoms. The highest BCUT2D eigenvalue weighted by Gasteiger charge is 2.25. The van der Waals surface area contributed by atoms with E-state index in [1.54, 1.807) is 12.1 Å². The number of esters is 1. The Morgan fingerprint density at radius 3 is 2.65 bits per heavy atom. The second-order valence-corrected chi connectivity index (χ2v) is 6.26. The monoisotopic (exact) mass is 370 g/mol. The van der Waals surface area contributed by atoms with Gasteiger partial charge in [0.1, 0.15) is 27.2 Å². The zero-order chi connectivity index (χ0) is 19.0. The number of carbonyl (C=O) groups excluding carboxylic acids is 1. The summed E-state index contributed by atoms with van der Waals surface area (Å²) in [7, 11) is 2.68.